The minimum Gasteiger partial charge on any atom is -0.390 e. The molecule has 0 unspecified atom stereocenters. The molecule has 0 aromatic heterocycles. The molecule has 0 aliphatic carbocycles. The van der Waals surface area contributed by atoms with E-state index in [2.05, 4.69) is 10.7 Å². The van der Waals surface area contributed by atoms with Gasteiger partial charge in [0.1, 0.15) is 11.6 Å². The molecular weight excluding hydrogens is 607 g/mol. The predicted octanol–water partition coefficient (Wildman–Crippen LogP) is 4.86. The molecule has 0 radical (unpaired) electrons. The number of carbonyl (C=O) groups excluding carboxylic acids is 3. The van der Waals surface area contributed by atoms with E-state index in [0.29, 0.717) is 37.2 Å². The van der Waals surface area contributed by atoms with Crippen molar-refractivity contribution in [2.75, 3.05) is 26.2 Å². The first-order valence-electron chi connectivity index (χ1n) is 14.8. The lowest BCUT2D eigenvalue weighted by Crippen LogP contribution is -2.53. The van der Waals surface area contributed by atoms with Gasteiger partial charge in [-0.15, -0.1) is 0 Å². The van der Waals surface area contributed by atoms with E-state index < -0.39 is 29.7 Å². The van der Waals surface area contributed by atoms with E-state index in [1.54, 1.807) is 29.0 Å². The fraction of sp³-hybridized carbons (Fsp3) is 0.531. The first kappa shape index (κ1) is 41.3. The van der Waals surface area contributed by atoms with Gasteiger partial charge in [0.2, 0.25) is 5.91 Å². The molecule has 2 aromatic carbocycles. The number of aryl methyl sites for hydroxylation is 1. The SMILES string of the molecule is CCCN(CCC)C(=O)c1cc(C)cc(C(=O)N[C@@H](Cc2cc(F)cc(F)c2)[C@@H](O)CN(CC)NC(=O)CC(C)C)c1.S.S. The molecule has 0 saturated heterocycles. The van der Waals surface area contributed by atoms with Gasteiger partial charge in [0, 0.05) is 49.8 Å². The van der Waals surface area contributed by atoms with E-state index >= 15 is 0 Å². The van der Waals surface area contributed by atoms with Crippen LogP contribution in [0.1, 0.15) is 85.7 Å². The average Bonchev–Trinajstić information content (AvgIpc) is 2.90. The third kappa shape index (κ3) is 13.5. The van der Waals surface area contributed by atoms with Gasteiger partial charge in [-0.3, -0.25) is 19.8 Å². The second-order valence-corrected chi connectivity index (χ2v) is 11.2. The number of nitrogens with one attached hydrogen (secondary N) is 2. The molecule has 0 spiro atoms. The number of nitrogens with zero attached hydrogens (tertiary/aromatic N) is 2. The van der Waals surface area contributed by atoms with Gasteiger partial charge in [0.15, 0.2) is 0 Å². The normalized spacial score (nSPS) is 12.2. The van der Waals surface area contributed by atoms with Crippen molar-refractivity contribution in [3.8, 4) is 0 Å². The molecule has 0 aliphatic heterocycles. The number of aliphatic hydroxyl groups excluding tert-OH is 1. The van der Waals surface area contributed by atoms with Gasteiger partial charge in [-0.05, 0) is 73.6 Å². The van der Waals surface area contributed by atoms with Crippen LogP contribution in [0, 0.1) is 24.5 Å². The van der Waals surface area contributed by atoms with Crippen molar-refractivity contribution >= 4 is 44.7 Å². The van der Waals surface area contributed by atoms with Crippen molar-refractivity contribution < 1.29 is 28.3 Å². The maximum Gasteiger partial charge on any atom is 0.253 e. The summed E-state index contributed by atoms with van der Waals surface area (Å²) in [5, 5.41) is 15.6. The highest BCUT2D eigenvalue weighted by atomic mass is 32.1. The standard InChI is InChI=1S/C32H46F2N4O4.2H2S/c1-7-10-37(11-8-2)32(42)25-14-22(6)13-24(18-25)31(41)35-28(17-23-15-26(33)19-27(34)16-23)29(39)20-38(9-3)36-30(40)12-21(4)5;;/h13-16,18-19,21,28-29,39H,7-12,17,20H2,1-6H3,(H,35,41)(H,36,40);2*1H2/t28-,29-;;/m0../s1. The minimum absolute atomic E-state index is 0. The maximum atomic E-state index is 14.0. The number of halogens is 2. The quantitative estimate of drug-likeness (QED) is 0.224. The first-order valence-corrected chi connectivity index (χ1v) is 14.8. The van der Waals surface area contributed by atoms with E-state index in [0.717, 1.165) is 31.0 Å². The molecule has 0 fully saturated rings. The summed E-state index contributed by atoms with van der Waals surface area (Å²) in [4.78, 5) is 40.8. The van der Waals surface area contributed by atoms with Crippen LogP contribution in [0.4, 0.5) is 8.78 Å². The van der Waals surface area contributed by atoms with Crippen molar-refractivity contribution in [1.82, 2.24) is 20.7 Å². The highest BCUT2D eigenvalue weighted by molar-refractivity contribution is 7.59. The Bertz CT molecular complexity index is 1190. The Balaban J connectivity index is 0.00000924. The summed E-state index contributed by atoms with van der Waals surface area (Å²) in [6.45, 7) is 13.0. The van der Waals surface area contributed by atoms with E-state index in [-0.39, 0.29) is 68.8 Å². The van der Waals surface area contributed by atoms with Crippen LogP contribution < -0.4 is 10.7 Å². The van der Waals surface area contributed by atoms with E-state index in [9.17, 15) is 28.3 Å². The monoisotopic (exact) mass is 656 g/mol. The Morgan fingerprint density at radius 2 is 1.45 bits per heavy atom. The molecule has 248 valence electrons. The molecular formula is C32H50F2N4O4S2. The molecule has 3 N–H and O–H groups in total. The van der Waals surface area contributed by atoms with Crippen LogP contribution in [0.5, 0.6) is 0 Å². The number of benzene rings is 2. The van der Waals surface area contributed by atoms with Crippen LogP contribution >= 0.6 is 27.0 Å². The first-order chi connectivity index (χ1) is 19.9. The van der Waals surface area contributed by atoms with Crippen LogP contribution in [0.25, 0.3) is 0 Å². The van der Waals surface area contributed by atoms with Gasteiger partial charge < -0.3 is 15.3 Å². The third-order valence-corrected chi connectivity index (χ3v) is 6.69. The number of carbonyl (C=O) groups is 3. The minimum atomic E-state index is -1.21. The van der Waals surface area contributed by atoms with Gasteiger partial charge in [0.05, 0.1) is 12.1 Å². The molecule has 12 heteroatoms. The molecule has 2 aromatic rings. The second kappa shape index (κ2) is 20.4. The summed E-state index contributed by atoms with van der Waals surface area (Å²) in [7, 11) is 0. The predicted molar refractivity (Wildman–Crippen MR) is 181 cm³/mol. The van der Waals surface area contributed by atoms with Crippen molar-refractivity contribution in [2.45, 2.75) is 79.4 Å². The van der Waals surface area contributed by atoms with Crippen LogP contribution in [-0.4, -0.2) is 71.1 Å². The number of hydrogen-bond donors (Lipinski definition) is 3. The smallest absolute Gasteiger partial charge is 0.253 e. The van der Waals surface area contributed by atoms with Crippen molar-refractivity contribution in [2.24, 2.45) is 5.92 Å². The Morgan fingerprint density at radius 1 is 0.886 bits per heavy atom. The zero-order chi connectivity index (χ0) is 31.4. The van der Waals surface area contributed by atoms with Gasteiger partial charge >= 0.3 is 0 Å². The lowest BCUT2D eigenvalue weighted by atomic mass is 9.99. The molecule has 0 heterocycles. The van der Waals surface area contributed by atoms with Gasteiger partial charge in [-0.25, -0.2) is 13.8 Å². The van der Waals surface area contributed by atoms with Gasteiger partial charge in [-0.2, -0.15) is 27.0 Å². The van der Waals surface area contributed by atoms with Crippen LogP contribution in [0.3, 0.4) is 0 Å². The molecule has 3 amide bonds. The van der Waals surface area contributed by atoms with E-state index in [4.69, 9.17) is 0 Å². The number of amides is 3. The number of hydrazine groups is 1. The fourth-order valence-corrected chi connectivity index (χ4v) is 4.79. The lowest BCUT2D eigenvalue weighted by Gasteiger charge is -2.30. The molecule has 0 aliphatic rings. The molecule has 0 bridgehead atoms. The van der Waals surface area contributed by atoms with Crippen molar-refractivity contribution in [3.05, 3.63) is 70.3 Å². The van der Waals surface area contributed by atoms with Gasteiger partial charge in [0.25, 0.3) is 11.8 Å². The lowest BCUT2D eigenvalue weighted by molar-refractivity contribution is -0.127. The van der Waals surface area contributed by atoms with Crippen LogP contribution in [0.2, 0.25) is 0 Å². The Hall–Kier alpha value is -2.67. The topological polar surface area (TPSA) is 102 Å². The molecule has 2 rings (SSSR count). The van der Waals surface area contributed by atoms with E-state index in [1.807, 2.05) is 34.6 Å². The number of aliphatic hydroxyl groups is 1. The summed E-state index contributed by atoms with van der Waals surface area (Å²) in [6, 6.07) is 6.99. The highest BCUT2D eigenvalue weighted by Crippen LogP contribution is 2.16. The number of hydrogen-bond acceptors (Lipinski definition) is 5. The van der Waals surface area contributed by atoms with Gasteiger partial charge in [-0.1, -0.05) is 34.6 Å². The highest BCUT2D eigenvalue weighted by Gasteiger charge is 2.26. The number of rotatable bonds is 16. The van der Waals surface area contributed by atoms with Crippen LogP contribution in [0.15, 0.2) is 36.4 Å². The zero-order valence-corrected chi connectivity index (χ0v) is 28.7. The maximum absolute atomic E-state index is 14.0. The van der Waals surface area contributed by atoms with Crippen LogP contribution in [-0.2, 0) is 11.2 Å². The Labute approximate surface area is 274 Å². The average molecular weight is 657 g/mol. The fourth-order valence-electron chi connectivity index (χ4n) is 4.79. The zero-order valence-electron chi connectivity index (χ0n) is 26.7. The second-order valence-electron chi connectivity index (χ2n) is 11.2. The molecule has 2 atom stereocenters. The third-order valence-electron chi connectivity index (χ3n) is 6.69. The number of likely N-dealkylation sites (N-methyl/N-ethyl adjacent to an activating group) is 1. The summed E-state index contributed by atoms with van der Waals surface area (Å²) >= 11 is 0. The summed E-state index contributed by atoms with van der Waals surface area (Å²) in [6.07, 6.45) is 0.625. The summed E-state index contributed by atoms with van der Waals surface area (Å²) in [5.41, 5.74) is 4.35. The Morgan fingerprint density at radius 3 is 1.98 bits per heavy atom. The molecule has 8 nitrogen and oxygen atoms in total. The van der Waals surface area contributed by atoms with Crippen molar-refractivity contribution in [1.29, 1.82) is 0 Å². The molecule has 44 heavy (non-hydrogen) atoms. The van der Waals surface area contributed by atoms with E-state index in [1.165, 1.54) is 6.07 Å². The Kier molecular flexibility index (Phi) is 19.1. The molecule has 0 saturated carbocycles. The largest absolute Gasteiger partial charge is 0.390 e. The summed E-state index contributed by atoms with van der Waals surface area (Å²) in [5.74, 6) is -2.32. The summed E-state index contributed by atoms with van der Waals surface area (Å²) < 4.78 is 28.0. The van der Waals surface area contributed by atoms with Crippen molar-refractivity contribution in [3.63, 3.8) is 0 Å².